The van der Waals surface area contributed by atoms with Gasteiger partial charge in [-0.2, -0.15) is 0 Å². The average molecular weight is 362 g/mol. The van der Waals surface area contributed by atoms with Crippen LogP contribution in [0.25, 0.3) is 0 Å². The number of nitrogens with zero attached hydrogens (tertiary/aromatic N) is 1. The second-order valence-electron chi connectivity index (χ2n) is 4.97. The van der Waals surface area contributed by atoms with Crippen molar-refractivity contribution in [1.29, 1.82) is 0 Å². The SMILES string of the molecule is O=S(=O)(Nc1ccccc1)c1ccn(S(=O)(=O)c2ccccc2)c1. The van der Waals surface area contributed by atoms with E-state index in [4.69, 9.17) is 0 Å². The van der Waals surface area contributed by atoms with Crippen molar-refractivity contribution in [3.63, 3.8) is 0 Å². The molecule has 0 saturated heterocycles. The van der Waals surface area contributed by atoms with Crippen LogP contribution in [0.2, 0.25) is 0 Å². The third-order valence-corrected chi connectivity index (χ3v) is 6.31. The number of benzene rings is 2. The molecule has 0 unspecified atom stereocenters. The monoisotopic (exact) mass is 362 g/mol. The first kappa shape index (κ1) is 16.3. The molecule has 124 valence electrons. The fourth-order valence-electron chi connectivity index (χ4n) is 2.10. The van der Waals surface area contributed by atoms with Gasteiger partial charge in [-0.25, -0.2) is 20.8 Å². The van der Waals surface area contributed by atoms with Gasteiger partial charge in [0.25, 0.3) is 20.0 Å². The van der Waals surface area contributed by atoms with Gasteiger partial charge in [-0.15, -0.1) is 0 Å². The molecule has 3 rings (SSSR count). The molecule has 0 aliphatic carbocycles. The lowest BCUT2D eigenvalue weighted by atomic mass is 10.3. The summed E-state index contributed by atoms with van der Waals surface area (Å²) in [6.45, 7) is 0. The smallest absolute Gasteiger partial charge is 0.267 e. The third kappa shape index (κ3) is 3.19. The minimum atomic E-state index is -3.87. The van der Waals surface area contributed by atoms with E-state index in [1.807, 2.05) is 0 Å². The maximum absolute atomic E-state index is 12.5. The molecule has 0 atom stereocenters. The Morgan fingerprint density at radius 2 is 1.29 bits per heavy atom. The molecule has 0 radical (unpaired) electrons. The van der Waals surface area contributed by atoms with Gasteiger partial charge < -0.3 is 0 Å². The van der Waals surface area contributed by atoms with Crippen LogP contribution in [0.3, 0.4) is 0 Å². The van der Waals surface area contributed by atoms with Gasteiger partial charge in [0.2, 0.25) is 0 Å². The summed E-state index contributed by atoms with van der Waals surface area (Å²) < 4.78 is 53.0. The topological polar surface area (TPSA) is 85.2 Å². The molecule has 0 aliphatic heterocycles. The van der Waals surface area contributed by atoms with Gasteiger partial charge in [0.1, 0.15) is 4.90 Å². The van der Waals surface area contributed by atoms with Crippen LogP contribution in [-0.2, 0) is 20.0 Å². The molecule has 6 nitrogen and oxygen atoms in total. The molecule has 0 bridgehead atoms. The van der Waals surface area contributed by atoms with E-state index in [1.54, 1.807) is 48.5 Å². The standard InChI is InChI=1S/C16H14N2O4S2/c19-23(20,17-14-7-3-1-4-8-14)16-11-12-18(13-16)24(21,22)15-9-5-2-6-10-15/h1-13,17H. The van der Waals surface area contributed by atoms with Crippen LogP contribution in [0.15, 0.2) is 88.9 Å². The van der Waals surface area contributed by atoms with Crippen molar-refractivity contribution in [2.24, 2.45) is 0 Å². The van der Waals surface area contributed by atoms with Crippen molar-refractivity contribution >= 4 is 25.7 Å². The average Bonchev–Trinajstić information content (AvgIpc) is 3.08. The van der Waals surface area contributed by atoms with Crippen LogP contribution in [0.4, 0.5) is 5.69 Å². The molecule has 8 heteroatoms. The first-order chi connectivity index (χ1) is 11.4. The third-order valence-electron chi connectivity index (χ3n) is 3.30. The van der Waals surface area contributed by atoms with Crippen LogP contribution in [-0.4, -0.2) is 20.8 Å². The molecule has 24 heavy (non-hydrogen) atoms. The lowest BCUT2D eigenvalue weighted by Crippen LogP contribution is -2.14. The lowest BCUT2D eigenvalue weighted by Gasteiger charge is -2.07. The number of sulfonamides is 1. The highest BCUT2D eigenvalue weighted by molar-refractivity contribution is 7.93. The van der Waals surface area contributed by atoms with Crippen LogP contribution in [0.1, 0.15) is 0 Å². The molecule has 1 aromatic heterocycles. The van der Waals surface area contributed by atoms with E-state index >= 15 is 0 Å². The van der Waals surface area contributed by atoms with Gasteiger partial charge in [0.15, 0.2) is 0 Å². The summed E-state index contributed by atoms with van der Waals surface area (Å²) >= 11 is 0. The highest BCUT2D eigenvalue weighted by Gasteiger charge is 2.21. The zero-order chi connectivity index (χ0) is 17.2. The second kappa shape index (κ2) is 6.14. The Morgan fingerprint density at radius 1 is 0.708 bits per heavy atom. The van der Waals surface area contributed by atoms with Gasteiger partial charge >= 0.3 is 0 Å². The largest absolute Gasteiger partial charge is 0.280 e. The van der Waals surface area contributed by atoms with Gasteiger partial charge in [-0.3, -0.25) is 4.72 Å². The summed E-state index contributed by atoms with van der Waals surface area (Å²) in [4.78, 5) is -0.0496. The number of rotatable bonds is 5. The Hall–Kier alpha value is -2.58. The Bertz CT molecular complexity index is 1040. The van der Waals surface area contributed by atoms with Crippen molar-refractivity contribution in [2.75, 3.05) is 4.72 Å². The molecular formula is C16H14N2O4S2. The summed E-state index contributed by atoms with van der Waals surface area (Å²) in [6.07, 6.45) is 2.29. The summed E-state index contributed by atoms with van der Waals surface area (Å²) in [7, 11) is -7.70. The van der Waals surface area contributed by atoms with E-state index in [1.165, 1.54) is 24.4 Å². The summed E-state index contributed by atoms with van der Waals surface area (Å²) in [5.74, 6) is 0. The molecule has 1 N–H and O–H groups in total. The van der Waals surface area contributed by atoms with E-state index in [-0.39, 0.29) is 9.79 Å². The Morgan fingerprint density at radius 3 is 1.92 bits per heavy atom. The van der Waals surface area contributed by atoms with Crippen molar-refractivity contribution < 1.29 is 16.8 Å². The van der Waals surface area contributed by atoms with Gasteiger partial charge in [0, 0.05) is 18.1 Å². The Kier molecular flexibility index (Phi) is 4.16. The number of nitrogens with one attached hydrogen (secondary N) is 1. The predicted octanol–water partition coefficient (Wildman–Crippen LogP) is 2.53. The van der Waals surface area contributed by atoms with E-state index < -0.39 is 20.0 Å². The number of anilines is 1. The first-order valence-electron chi connectivity index (χ1n) is 6.96. The second-order valence-corrected chi connectivity index (χ2v) is 8.49. The molecule has 0 saturated carbocycles. The molecule has 2 aromatic carbocycles. The van der Waals surface area contributed by atoms with Crippen molar-refractivity contribution in [3.05, 3.63) is 79.1 Å². The molecule has 0 spiro atoms. The molecular weight excluding hydrogens is 348 g/mol. The van der Waals surface area contributed by atoms with Gasteiger partial charge in [-0.05, 0) is 30.3 Å². The van der Waals surface area contributed by atoms with Crippen LogP contribution in [0.5, 0.6) is 0 Å². The highest BCUT2D eigenvalue weighted by atomic mass is 32.2. The zero-order valence-corrected chi connectivity index (χ0v) is 14.0. The zero-order valence-electron chi connectivity index (χ0n) is 12.4. The molecule has 0 amide bonds. The minimum Gasteiger partial charge on any atom is -0.280 e. The maximum atomic E-state index is 12.5. The first-order valence-corrected chi connectivity index (χ1v) is 9.88. The molecule has 3 aromatic rings. The number of hydrogen-bond acceptors (Lipinski definition) is 4. The lowest BCUT2D eigenvalue weighted by molar-refractivity contribution is 0.587. The Labute approximate surface area is 140 Å². The fraction of sp³-hybridized carbons (Fsp3) is 0. The van der Waals surface area contributed by atoms with Crippen LogP contribution >= 0.6 is 0 Å². The highest BCUT2D eigenvalue weighted by Crippen LogP contribution is 2.19. The quantitative estimate of drug-likeness (QED) is 0.756. The van der Waals surface area contributed by atoms with E-state index in [0.717, 1.165) is 10.2 Å². The minimum absolute atomic E-state index is 0.0839. The van der Waals surface area contributed by atoms with Crippen molar-refractivity contribution in [1.82, 2.24) is 3.97 Å². The number of aromatic nitrogens is 1. The molecule has 0 fully saturated rings. The van der Waals surface area contributed by atoms with E-state index in [0.29, 0.717) is 5.69 Å². The van der Waals surface area contributed by atoms with Crippen molar-refractivity contribution in [3.8, 4) is 0 Å². The summed E-state index contributed by atoms with van der Waals surface area (Å²) in [5.41, 5.74) is 0.399. The Balaban J connectivity index is 1.93. The van der Waals surface area contributed by atoms with Gasteiger partial charge in [-0.1, -0.05) is 36.4 Å². The number of hydrogen-bond donors (Lipinski definition) is 1. The fourth-order valence-corrected chi connectivity index (χ4v) is 4.44. The van der Waals surface area contributed by atoms with Crippen LogP contribution in [0, 0.1) is 0 Å². The van der Waals surface area contributed by atoms with Gasteiger partial charge in [0.05, 0.1) is 4.90 Å². The normalized spacial score (nSPS) is 12.0. The summed E-state index contributed by atoms with van der Waals surface area (Å²) in [5, 5.41) is 0. The van der Waals surface area contributed by atoms with Crippen LogP contribution < -0.4 is 4.72 Å². The van der Waals surface area contributed by atoms with E-state index in [9.17, 15) is 16.8 Å². The summed E-state index contributed by atoms with van der Waals surface area (Å²) in [6, 6.07) is 17.4. The maximum Gasteiger partial charge on any atom is 0.267 e. The molecule has 0 aliphatic rings. The molecule has 1 heterocycles. The van der Waals surface area contributed by atoms with E-state index in [2.05, 4.69) is 4.72 Å². The predicted molar refractivity (Wildman–Crippen MR) is 90.7 cm³/mol. The number of para-hydroxylation sites is 1. The van der Waals surface area contributed by atoms with Crippen molar-refractivity contribution in [2.45, 2.75) is 9.79 Å².